The average Bonchev–Trinajstić information content (AvgIpc) is 2.81. The first kappa shape index (κ1) is 25.4. The van der Waals surface area contributed by atoms with Crippen molar-refractivity contribution in [3.8, 4) is 11.4 Å². The van der Waals surface area contributed by atoms with E-state index in [1.54, 1.807) is 12.1 Å². The number of nitrogens with zero attached hydrogens (tertiary/aromatic N) is 3. The van der Waals surface area contributed by atoms with Gasteiger partial charge in [-0.2, -0.15) is 26.3 Å². The van der Waals surface area contributed by atoms with Gasteiger partial charge in [0.1, 0.15) is 5.69 Å². The first-order valence-corrected chi connectivity index (χ1v) is 10.8. The molecule has 0 saturated carbocycles. The molecule has 3 heterocycles. The van der Waals surface area contributed by atoms with Gasteiger partial charge in [0.2, 0.25) is 0 Å². The average molecular weight is 506 g/mol. The van der Waals surface area contributed by atoms with Crippen LogP contribution in [0.25, 0.3) is 22.4 Å². The second kappa shape index (κ2) is 9.73. The Balaban J connectivity index is 1.79. The minimum atomic E-state index is -4.63. The molecule has 0 spiro atoms. The van der Waals surface area contributed by atoms with Gasteiger partial charge in [0.15, 0.2) is 5.65 Å². The van der Waals surface area contributed by atoms with E-state index in [0.717, 1.165) is 18.2 Å². The Morgan fingerprint density at radius 2 is 1.61 bits per heavy atom. The molecule has 0 atom stereocenters. The molecule has 0 unspecified atom stereocenters. The summed E-state index contributed by atoms with van der Waals surface area (Å²) >= 11 is 0. The Bertz CT molecular complexity index is 1370. The molecule has 0 fully saturated rings. The fraction of sp³-hybridized carbons (Fsp3) is 0.240. The number of alkyl halides is 6. The number of hydrogen-bond acceptors (Lipinski definition) is 5. The summed E-state index contributed by atoms with van der Waals surface area (Å²) in [6.45, 7) is 3.76. The zero-order chi connectivity index (χ0) is 26.1. The predicted octanol–water partition coefficient (Wildman–Crippen LogP) is 7.40. The van der Waals surface area contributed by atoms with Gasteiger partial charge >= 0.3 is 12.4 Å². The lowest BCUT2D eigenvalue weighted by molar-refractivity contribution is -0.138. The molecule has 5 nitrogen and oxygen atoms in total. The summed E-state index contributed by atoms with van der Waals surface area (Å²) in [7, 11) is 0. The lowest BCUT2D eigenvalue weighted by atomic mass is 10.1. The summed E-state index contributed by atoms with van der Waals surface area (Å²) in [6.07, 6.45) is -7.97. The molecule has 0 aliphatic rings. The van der Waals surface area contributed by atoms with Crippen LogP contribution in [0.5, 0.6) is 0 Å². The van der Waals surface area contributed by atoms with Gasteiger partial charge in [0.25, 0.3) is 0 Å². The number of fused-ring (bicyclic) bond motifs is 1. The fourth-order valence-corrected chi connectivity index (χ4v) is 3.45. The molecule has 36 heavy (non-hydrogen) atoms. The van der Waals surface area contributed by atoms with Crippen LogP contribution in [0.4, 0.5) is 37.7 Å². The highest BCUT2D eigenvalue weighted by Gasteiger charge is 2.34. The summed E-state index contributed by atoms with van der Waals surface area (Å²) < 4.78 is 84.9. The van der Waals surface area contributed by atoms with E-state index in [4.69, 9.17) is 4.74 Å². The minimum Gasteiger partial charge on any atom is -0.373 e. The molecule has 0 aliphatic heterocycles. The van der Waals surface area contributed by atoms with Crippen molar-refractivity contribution in [2.75, 3.05) is 5.32 Å². The van der Waals surface area contributed by atoms with Crippen molar-refractivity contribution >= 4 is 22.4 Å². The van der Waals surface area contributed by atoms with E-state index < -0.39 is 23.5 Å². The Labute approximate surface area is 202 Å². The number of halogens is 6. The molecule has 4 rings (SSSR count). The second-order valence-electron chi connectivity index (χ2n) is 8.19. The topological polar surface area (TPSA) is 59.9 Å². The molecular weight excluding hydrogens is 486 g/mol. The summed E-state index contributed by atoms with van der Waals surface area (Å²) in [5, 5.41) is 3.50. The van der Waals surface area contributed by atoms with Crippen molar-refractivity contribution in [2.24, 2.45) is 0 Å². The van der Waals surface area contributed by atoms with Crippen LogP contribution in [0.2, 0.25) is 0 Å². The van der Waals surface area contributed by atoms with Crippen molar-refractivity contribution in [1.29, 1.82) is 0 Å². The van der Waals surface area contributed by atoms with E-state index in [1.807, 2.05) is 13.8 Å². The van der Waals surface area contributed by atoms with Crippen molar-refractivity contribution in [2.45, 2.75) is 38.9 Å². The number of ether oxygens (including phenoxy) is 1. The highest BCUT2D eigenvalue weighted by atomic mass is 19.4. The van der Waals surface area contributed by atoms with Crippen LogP contribution in [-0.2, 0) is 23.7 Å². The van der Waals surface area contributed by atoms with Crippen molar-refractivity contribution in [3.05, 3.63) is 77.6 Å². The number of benzene rings is 1. The van der Waals surface area contributed by atoms with Crippen LogP contribution in [0.15, 0.2) is 60.8 Å². The molecule has 4 aromatic rings. The number of anilines is 2. The number of rotatable bonds is 6. The molecule has 188 valence electrons. The maximum Gasteiger partial charge on any atom is 0.418 e. The lowest BCUT2D eigenvalue weighted by Crippen LogP contribution is -2.09. The number of aromatic nitrogens is 3. The van der Waals surface area contributed by atoms with Gasteiger partial charge in [0, 0.05) is 17.3 Å². The highest BCUT2D eigenvalue weighted by Crippen LogP contribution is 2.36. The second-order valence-corrected chi connectivity index (χ2v) is 8.19. The van der Waals surface area contributed by atoms with E-state index in [0.29, 0.717) is 22.5 Å². The maximum atomic E-state index is 13.5. The molecule has 0 saturated heterocycles. The molecule has 0 aliphatic carbocycles. The van der Waals surface area contributed by atoms with Gasteiger partial charge < -0.3 is 10.1 Å². The van der Waals surface area contributed by atoms with Gasteiger partial charge in [-0.1, -0.05) is 0 Å². The third kappa shape index (κ3) is 5.73. The summed E-state index contributed by atoms with van der Waals surface area (Å²) in [5.74, 6) is 0. The molecule has 1 aromatic carbocycles. The predicted molar refractivity (Wildman–Crippen MR) is 122 cm³/mol. The molecule has 11 heteroatoms. The first-order valence-electron chi connectivity index (χ1n) is 10.8. The Morgan fingerprint density at radius 1 is 0.889 bits per heavy atom. The quantitative estimate of drug-likeness (QED) is 0.276. The molecule has 0 radical (unpaired) electrons. The molecule has 3 aromatic heterocycles. The van der Waals surface area contributed by atoms with E-state index in [9.17, 15) is 26.3 Å². The van der Waals surface area contributed by atoms with E-state index >= 15 is 0 Å². The van der Waals surface area contributed by atoms with Crippen LogP contribution in [-0.4, -0.2) is 21.1 Å². The smallest absolute Gasteiger partial charge is 0.373 e. The standard InChI is InChI=1S/C25H20F6N4O/c1-14(2)36-13-17-12-21(33-16-7-5-15(6-8-16)24(26,27)28)18-9-10-20(35-23(18)34-17)22-19(25(29,30)31)4-3-11-32-22/h3-12,14H,13H2,1-2H3,(H,33,34,35). The van der Waals surface area contributed by atoms with Crippen LogP contribution in [0.3, 0.4) is 0 Å². The number of pyridine rings is 3. The molecular formula is C25H20F6N4O. The number of nitrogens with one attached hydrogen (secondary N) is 1. The Hall–Kier alpha value is -3.73. The monoisotopic (exact) mass is 506 g/mol. The Kier molecular flexibility index (Phi) is 6.85. The van der Waals surface area contributed by atoms with Gasteiger partial charge in [-0.05, 0) is 68.4 Å². The largest absolute Gasteiger partial charge is 0.418 e. The van der Waals surface area contributed by atoms with E-state index in [2.05, 4.69) is 20.3 Å². The SMILES string of the molecule is CC(C)OCc1cc(Nc2ccc(C(F)(F)F)cc2)c2ccc(-c3ncccc3C(F)(F)F)nc2n1. The fourth-order valence-electron chi connectivity index (χ4n) is 3.45. The van der Waals surface area contributed by atoms with Crippen LogP contribution in [0, 0.1) is 0 Å². The highest BCUT2D eigenvalue weighted by molar-refractivity contribution is 5.92. The van der Waals surface area contributed by atoms with Gasteiger partial charge in [0.05, 0.1) is 40.9 Å². The third-order valence-electron chi connectivity index (χ3n) is 5.14. The lowest BCUT2D eigenvalue weighted by Gasteiger charge is -2.15. The minimum absolute atomic E-state index is 0.0228. The van der Waals surface area contributed by atoms with Crippen LogP contribution < -0.4 is 5.32 Å². The molecule has 1 N–H and O–H groups in total. The van der Waals surface area contributed by atoms with Crippen LogP contribution in [0.1, 0.15) is 30.7 Å². The first-order chi connectivity index (χ1) is 16.9. The summed E-state index contributed by atoms with van der Waals surface area (Å²) in [6, 6.07) is 11.2. The summed E-state index contributed by atoms with van der Waals surface area (Å²) in [4.78, 5) is 12.7. The van der Waals surface area contributed by atoms with Crippen molar-refractivity contribution in [1.82, 2.24) is 15.0 Å². The van der Waals surface area contributed by atoms with E-state index in [1.165, 1.54) is 30.5 Å². The third-order valence-corrected chi connectivity index (χ3v) is 5.14. The zero-order valence-corrected chi connectivity index (χ0v) is 19.1. The van der Waals surface area contributed by atoms with Crippen molar-refractivity contribution < 1.29 is 31.1 Å². The summed E-state index contributed by atoms with van der Waals surface area (Å²) in [5.41, 5.74) is -0.685. The Morgan fingerprint density at radius 3 is 2.25 bits per heavy atom. The maximum absolute atomic E-state index is 13.5. The van der Waals surface area contributed by atoms with Crippen molar-refractivity contribution in [3.63, 3.8) is 0 Å². The number of hydrogen-bond donors (Lipinski definition) is 1. The zero-order valence-electron chi connectivity index (χ0n) is 19.1. The van der Waals surface area contributed by atoms with Gasteiger partial charge in [-0.3, -0.25) is 4.98 Å². The molecule has 0 bridgehead atoms. The molecule has 0 amide bonds. The van der Waals surface area contributed by atoms with Gasteiger partial charge in [-0.15, -0.1) is 0 Å². The van der Waals surface area contributed by atoms with Crippen LogP contribution >= 0.6 is 0 Å². The van der Waals surface area contributed by atoms with E-state index in [-0.39, 0.29) is 29.7 Å². The van der Waals surface area contributed by atoms with Gasteiger partial charge in [-0.25, -0.2) is 9.97 Å². The normalized spacial score (nSPS) is 12.4.